The van der Waals surface area contributed by atoms with Gasteiger partial charge in [-0.05, 0) is 24.1 Å². The maximum absolute atomic E-state index is 13.4. The number of urea groups is 1. The van der Waals surface area contributed by atoms with Gasteiger partial charge in [0.1, 0.15) is 12.1 Å². The van der Waals surface area contributed by atoms with Crippen LogP contribution in [0.5, 0.6) is 0 Å². The topological polar surface area (TPSA) is 56.4 Å². The average molecular weight is 442 g/mol. The first kappa shape index (κ1) is 19.5. The number of nitrogens with one attached hydrogen (secondary N) is 1. The van der Waals surface area contributed by atoms with Crippen molar-refractivity contribution in [1.29, 1.82) is 0 Å². The largest absolute Gasteiger partial charge is 0.356 e. The predicted molar refractivity (Wildman–Crippen MR) is 118 cm³/mol. The lowest BCUT2D eigenvalue weighted by Crippen LogP contribution is -2.44. The number of carbonyl (C=O) groups is 2. The van der Waals surface area contributed by atoms with Crippen LogP contribution in [0.2, 0.25) is 10.0 Å². The first-order chi connectivity index (χ1) is 14.5. The van der Waals surface area contributed by atoms with E-state index in [1.165, 1.54) is 4.90 Å². The summed E-state index contributed by atoms with van der Waals surface area (Å²) >= 11 is 12.9. The van der Waals surface area contributed by atoms with Gasteiger partial charge in [0.25, 0.3) is 5.91 Å². The minimum absolute atomic E-state index is 0.132. The Bertz CT molecular complexity index is 1170. The number of halogens is 2. The second-order valence-electron chi connectivity index (χ2n) is 7.86. The van der Waals surface area contributed by atoms with Gasteiger partial charge < -0.3 is 4.98 Å². The molecule has 0 saturated carbocycles. The second-order valence-corrected chi connectivity index (χ2v) is 8.65. The lowest BCUT2D eigenvalue weighted by Gasteiger charge is -2.36. The van der Waals surface area contributed by atoms with E-state index in [4.69, 9.17) is 23.2 Å². The third kappa shape index (κ3) is 2.76. The number of imide groups is 1. The van der Waals surface area contributed by atoms with E-state index in [1.54, 1.807) is 11.0 Å². The Balaban J connectivity index is 1.72. The Hall–Kier alpha value is -2.50. The number of amides is 3. The highest BCUT2D eigenvalue weighted by Gasteiger charge is 2.52. The number of H-pyrrole nitrogens is 1. The van der Waals surface area contributed by atoms with Crippen molar-refractivity contribution in [2.45, 2.75) is 38.3 Å². The molecule has 0 bridgehead atoms. The van der Waals surface area contributed by atoms with Gasteiger partial charge in [0.05, 0.1) is 10.0 Å². The summed E-state index contributed by atoms with van der Waals surface area (Å²) in [6.45, 7) is 2.48. The summed E-state index contributed by atoms with van der Waals surface area (Å²) in [6.07, 6.45) is 2.19. The van der Waals surface area contributed by atoms with E-state index in [0.717, 1.165) is 40.6 Å². The van der Waals surface area contributed by atoms with Crippen LogP contribution < -0.4 is 0 Å². The molecule has 1 saturated heterocycles. The van der Waals surface area contributed by atoms with Gasteiger partial charge in [0, 0.05) is 35.1 Å². The minimum atomic E-state index is -0.541. The predicted octanol–water partition coefficient (Wildman–Crippen LogP) is 5.55. The Kier molecular flexibility index (Phi) is 4.75. The molecule has 1 N–H and O–H groups in total. The normalized spacial score (nSPS) is 20.8. The first-order valence-corrected chi connectivity index (χ1v) is 11.0. The maximum atomic E-state index is 13.4. The van der Waals surface area contributed by atoms with Gasteiger partial charge in [-0.15, -0.1) is 0 Å². The first-order valence-electron chi connectivity index (χ1n) is 10.2. The van der Waals surface area contributed by atoms with E-state index in [9.17, 15) is 9.59 Å². The molecule has 5 rings (SSSR count). The molecule has 3 heterocycles. The van der Waals surface area contributed by atoms with E-state index in [2.05, 4.69) is 4.98 Å². The summed E-state index contributed by atoms with van der Waals surface area (Å²) in [4.78, 5) is 33.2. The van der Waals surface area contributed by atoms with E-state index >= 15 is 0 Å². The lowest BCUT2D eigenvalue weighted by atomic mass is 9.89. The number of para-hydroxylation sites is 1. The monoisotopic (exact) mass is 441 g/mol. The van der Waals surface area contributed by atoms with Gasteiger partial charge in [-0.2, -0.15) is 0 Å². The van der Waals surface area contributed by atoms with Crippen LogP contribution in [0, 0.1) is 0 Å². The van der Waals surface area contributed by atoms with Crippen molar-refractivity contribution < 1.29 is 9.59 Å². The Morgan fingerprint density at radius 2 is 1.90 bits per heavy atom. The Morgan fingerprint density at radius 3 is 2.70 bits per heavy atom. The third-order valence-corrected chi connectivity index (χ3v) is 6.98. The molecule has 5 nitrogen and oxygen atoms in total. The number of benzene rings is 2. The van der Waals surface area contributed by atoms with Crippen molar-refractivity contribution in [1.82, 2.24) is 14.8 Å². The second kappa shape index (κ2) is 7.33. The van der Waals surface area contributed by atoms with Crippen LogP contribution in [0.4, 0.5) is 4.79 Å². The maximum Gasteiger partial charge on any atom is 0.328 e. The fourth-order valence-electron chi connectivity index (χ4n) is 4.71. The van der Waals surface area contributed by atoms with Gasteiger partial charge in [-0.25, -0.2) is 4.79 Å². The molecule has 0 unspecified atom stereocenters. The van der Waals surface area contributed by atoms with Crippen molar-refractivity contribution in [2.24, 2.45) is 0 Å². The number of carbonyl (C=O) groups excluding carboxylic acids is 2. The Labute approximate surface area is 184 Å². The number of aromatic nitrogens is 1. The molecule has 154 valence electrons. The standard InChI is InChI=1S/C23H21Cl2N3O2/c1-2-3-11-27-22(29)18-12-15-13-7-4-5-10-17(13)26-20(15)21(28(18)23(27)30)14-8-6-9-16(24)19(14)25/h4-10,18,21,26H,2-3,11-12H2,1H3/t18-,21+/m1/s1. The molecular formula is C23H21Cl2N3O2. The highest BCUT2D eigenvalue weighted by molar-refractivity contribution is 6.42. The summed E-state index contributed by atoms with van der Waals surface area (Å²) in [7, 11) is 0. The zero-order chi connectivity index (χ0) is 21.0. The molecule has 0 aliphatic carbocycles. The lowest BCUT2D eigenvalue weighted by molar-refractivity contribution is -0.128. The van der Waals surface area contributed by atoms with Crippen LogP contribution in [0.25, 0.3) is 10.9 Å². The molecule has 2 aromatic carbocycles. The molecule has 1 aromatic heterocycles. The fraction of sp³-hybridized carbons (Fsp3) is 0.304. The molecule has 7 heteroatoms. The number of hydrogen-bond donors (Lipinski definition) is 1. The zero-order valence-electron chi connectivity index (χ0n) is 16.5. The van der Waals surface area contributed by atoms with Crippen molar-refractivity contribution in [3.05, 3.63) is 69.3 Å². The Morgan fingerprint density at radius 1 is 1.10 bits per heavy atom. The van der Waals surface area contributed by atoms with Crippen LogP contribution in [-0.4, -0.2) is 39.3 Å². The fourth-order valence-corrected chi connectivity index (χ4v) is 5.12. The van der Waals surface area contributed by atoms with Gasteiger partial charge in [0.2, 0.25) is 0 Å². The van der Waals surface area contributed by atoms with Crippen molar-refractivity contribution in [3.63, 3.8) is 0 Å². The third-order valence-electron chi connectivity index (χ3n) is 6.15. The van der Waals surface area contributed by atoms with E-state index < -0.39 is 12.1 Å². The smallest absolute Gasteiger partial charge is 0.328 e. The summed E-state index contributed by atoms with van der Waals surface area (Å²) in [5.41, 5.74) is 3.66. The van der Waals surface area contributed by atoms with Gasteiger partial charge >= 0.3 is 6.03 Å². The van der Waals surface area contributed by atoms with Crippen molar-refractivity contribution >= 4 is 46.0 Å². The molecule has 2 atom stereocenters. The van der Waals surface area contributed by atoms with E-state index in [-0.39, 0.29) is 11.9 Å². The average Bonchev–Trinajstić information content (AvgIpc) is 3.23. The van der Waals surface area contributed by atoms with Crippen LogP contribution in [0.1, 0.15) is 42.6 Å². The molecule has 30 heavy (non-hydrogen) atoms. The van der Waals surface area contributed by atoms with Gasteiger partial charge in [-0.1, -0.05) is 66.9 Å². The highest BCUT2D eigenvalue weighted by Crippen LogP contribution is 2.46. The SMILES string of the molecule is CCCCN1C(=O)[C@H]2Cc3c([nH]c4ccccc34)[C@H](c3cccc(Cl)c3Cl)N2C1=O. The summed E-state index contributed by atoms with van der Waals surface area (Å²) in [5.74, 6) is -0.132. The molecule has 3 amide bonds. The zero-order valence-corrected chi connectivity index (χ0v) is 18.0. The van der Waals surface area contributed by atoms with Crippen molar-refractivity contribution in [2.75, 3.05) is 6.54 Å². The number of aromatic amines is 1. The molecule has 2 aliphatic rings. The van der Waals surface area contributed by atoms with Crippen molar-refractivity contribution in [3.8, 4) is 0 Å². The summed E-state index contributed by atoms with van der Waals surface area (Å²) in [5, 5.41) is 1.90. The number of rotatable bonds is 4. The highest BCUT2D eigenvalue weighted by atomic mass is 35.5. The van der Waals surface area contributed by atoms with Crippen LogP contribution in [-0.2, 0) is 11.2 Å². The van der Waals surface area contributed by atoms with Gasteiger partial charge in [0.15, 0.2) is 0 Å². The molecule has 0 radical (unpaired) electrons. The van der Waals surface area contributed by atoms with Gasteiger partial charge in [-0.3, -0.25) is 14.6 Å². The molecule has 2 aliphatic heterocycles. The van der Waals surface area contributed by atoms with Crippen LogP contribution >= 0.6 is 23.2 Å². The van der Waals surface area contributed by atoms with E-state index in [1.807, 2.05) is 43.3 Å². The molecule has 0 spiro atoms. The number of fused-ring (bicyclic) bond motifs is 4. The van der Waals surface area contributed by atoms with Crippen LogP contribution in [0.3, 0.4) is 0 Å². The summed E-state index contributed by atoms with van der Waals surface area (Å²) < 4.78 is 0. The van der Waals surface area contributed by atoms with Crippen LogP contribution in [0.15, 0.2) is 42.5 Å². The summed E-state index contributed by atoms with van der Waals surface area (Å²) in [6, 6.07) is 12.1. The van der Waals surface area contributed by atoms with E-state index in [0.29, 0.717) is 23.0 Å². The molecule has 1 fully saturated rings. The molecule has 3 aromatic rings. The minimum Gasteiger partial charge on any atom is -0.356 e. The number of hydrogen-bond acceptors (Lipinski definition) is 2. The molecular weight excluding hydrogens is 421 g/mol. The number of nitrogens with zero attached hydrogens (tertiary/aromatic N) is 2. The quantitative estimate of drug-likeness (QED) is 0.539. The number of unbranched alkanes of at least 4 members (excludes halogenated alkanes) is 1.